The molecule has 0 aliphatic carbocycles. The molecule has 0 aromatic heterocycles. The fourth-order valence-corrected chi connectivity index (χ4v) is 3.03. The topological polar surface area (TPSA) is 76.1 Å². The number of likely N-dealkylation sites (tertiary alicyclic amines) is 1. The van der Waals surface area contributed by atoms with E-state index in [2.05, 4.69) is 13.8 Å². The molecule has 0 spiro atoms. The molecule has 26 heavy (non-hydrogen) atoms. The van der Waals surface area contributed by atoms with E-state index >= 15 is 0 Å². The first-order chi connectivity index (χ1) is 11.9. The Hall–Kier alpha value is -2.24. The van der Waals surface area contributed by atoms with Crippen LogP contribution in [0.15, 0.2) is 18.2 Å². The molecule has 1 heterocycles. The van der Waals surface area contributed by atoms with Crippen molar-refractivity contribution >= 4 is 12.1 Å². The number of amides is 1. The average Bonchev–Trinajstić information content (AvgIpc) is 2.41. The SMILES string of the molecule is Cc1ccc(C(C)C)c(OC2(CC(=O)O)CN(C(=O)OC(C)(C)C)C2)c1. The summed E-state index contributed by atoms with van der Waals surface area (Å²) in [5.74, 6) is -0.0211. The fraction of sp³-hybridized carbons (Fsp3) is 0.600. The van der Waals surface area contributed by atoms with Crippen LogP contribution in [0.2, 0.25) is 0 Å². The van der Waals surface area contributed by atoms with E-state index in [-0.39, 0.29) is 25.4 Å². The highest BCUT2D eigenvalue weighted by Gasteiger charge is 2.50. The lowest BCUT2D eigenvalue weighted by molar-refractivity contribution is -0.149. The summed E-state index contributed by atoms with van der Waals surface area (Å²) in [5, 5.41) is 9.32. The molecule has 1 aromatic carbocycles. The minimum atomic E-state index is -0.951. The lowest BCUT2D eigenvalue weighted by Crippen LogP contribution is -2.67. The van der Waals surface area contributed by atoms with Crippen LogP contribution in [-0.2, 0) is 9.53 Å². The second kappa shape index (κ2) is 7.17. The molecule has 1 saturated heterocycles. The van der Waals surface area contributed by atoms with Crippen molar-refractivity contribution in [1.82, 2.24) is 4.90 Å². The summed E-state index contributed by atoms with van der Waals surface area (Å²) >= 11 is 0. The molecular formula is C20H29NO5. The summed E-state index contributed by atoms with van der Waals surface area (Å²) in [4.78, 5) is 25.1. The summed E-state index contributed by atoms with van der Waals surface area (Å²) in [6.45, 7) is 11.9. The number of aryl methyl sites for hydroxylation is 1. The summed E-state index contributed by atoms with van der Waals surface area (Å²) in [5.41, 5.74) is 0.541. The van der Waals surface area contributed by atoms with Crippen molar-refractivity contribution in [2.75, 3.05) is 13.1 Å². The van der Waals surface area contributed by atoms with Crippen molar-refractivity contribution in [1.29, 1.82) is 0 Å². The van der Waals surface area contributed by atoms with Gasteiger partial charge in [-0.05, 0) is 50.8 Å². The normalized spacial score (nSPS) is 16.2. The van der Waals surface area contributed by atoms with Gasteiger partial charge in [-0.3, -0.25) is 9.69 Å². The van der Waals surface area contributed by atoms with Crippen LogP contribution in [0.5, 0.6) is 5.75 Å². The van der Waals surface area contributed by atoms with Crippen molar-refractivity contribution in [3.63, 3.8) is 0 Å². The van der Waals surface area contributed by atoms with Crippen LogP contribution < -0.4 is 4.74 Å². The van der Waals surface area contributed by atoms with Gasteiger partial charge in [0.2, 0.25) is 0 Å². The van der Waals surface area contributed by atoms with E-state index < -0.39 is 23.3 Å². The second-order valence-corrected chi connectivity index (χ2v) is 8.39. The molecule has 0 atom stereocenters. The molecular weight excluding hydrogens is 334 g/mol. The van der Waals surface area contributed by atoms with Gasteiger partial charge in [-0.15, -0.1) is 0 Å². The van der Waals surface area contributed by atoms with Crippen molar-refractivity contribution in [3.05, 3.63) is 29.3 Å². The third-order valence-electron chi connectivity index (χ3n) is 4.20. The van der Waals surface area contributed by atoms with Crippen molar-refractivity contribution in [3.8, 4) is 5.75 Å². The largest absolute Gasteiger partial charge is 0.483 e. The van der Waals surface area contributed by atoms with Crippen LogP contribution in [0.4, 0.5) is 4.79 Å². The van der Waals surface area contributed by atoms with Gasteiger partial charge in [-0.25, -0.2) is 4.79 Å². The summed E-state index contributed by atoms with van der Waals surface area (Å²) in [7, 11) is 0. The molecule has 6 nitrogen and oxygen atoms in total. The number of ether oxygens (including phenoxy) is 2. The quantitative estimate of drug-likeness (QED) is 0.857. The molecule has 0 unspecified atom stereocenters. The maximum absolute atomic E-state index is 12.2. The molecule has 1 aliphatic heterocycles. The summed E-state index contributed by atoms with van der Waals surface area (Å²) in [6, 6.07) is 5.95. The molecule has 0 saturated carbocycles. The zero-order chi connectivity index (χ0) is 19.7. The lowest BCUT2D eigenvalue weighted by atomic mass is 9.89. The predicted molar refractivity (Wildman–Crippen MR) is 98.7 cm³/mol. The highest BCUT2D eigenvalue weighted by Crippen LogP contribution is 2.36. The van der Waals surface area contributed by atoms with Gasteiger partial charge in [0.1, 0.15) is 11.4 Å². The monoisotopic (exact) mass is 363 g/mol. The van der Waals surface area contributed by atoms with Gasteiger partial charge in [-0.1, -0.05) is 26.0 Å². The van der Waals surface area contributed by atoms with E-state index in [4.69, 9.17) is 9.47 Å². The number of aliphatic carboxylic acids is 1. The molecule has 1 aliphatic rings. The Bertz CT molecular complexity index is 684. The Labute approximate surface area is 155 Å². The van der Waals surface area contributed by atoms with Gasteiger partial charge in [0.15, 0.2) is 5.60 Å². The van der Waals surface area contributed by atoms with Crippen LogP contribution in [0.25, 0.3) is 0 Å². The molecule has 1 aromatic rings. The molecule has 0 radical (unpaired) electrons. The van der Waals surface area contributed by atoms with Gasteiger partial charge in [0, 0.05) is 0 Å². The molecule has 1 amide bonds. The third kappa shape index (κ3) is 4.90. The molecule has 2 rings (SSSR count). The first-order valence-electron chi connectivity index (χ1n) is 8.90. The Morgan fingerprint density at radius 2 is 1.88 bits per heavy atom. The molecule has 1 N–H and O–H groups in total. The molecule has 6 heteroatoms. The molecule has 1 fully saturated rings. The van der Waals surface area contributed by atoms with E-state index in [9.17, 15) is 14.7 Å². The number of nitrogens with zero attached hydrogens (tertiary/aromatic N) is 1. The molecule has 0 bridgehead atoms. The maximum Gasteiger partial charge on any atom is 0.410 e. The number of carbonyl (C=O) groups is 2. The Morgan fingerprint density at radius 1 is 1.27 bits per heavy atom. The van der Waals surface area contributed by atoms with Crippen LogP contribution in [0.3, 0.4) is 0 Å². The number of benzene rings is 1. The second-order valence-electron chi connectivity index (χ2n) is 8.39. The van der Waals surface area contributed by atoms with Gasteiger partial charge < -0.3 is 14.6 Å². The van der Waals surface area contributed by atoms with Gasteiger partial charge >= 0.3 is 12.1 Å². The number of carboxylic acid groups (broad SMARTS) is 1. The maximum atomic E-state index is 12.2. The Kier molecular flexibility index (Phi) is 5.54. The fourth-order valence-electron chi connectivity index (χ4n) is 3.03. The van der Waals surface area contributed by atoms with Crippen LogP contribution in [0, 0.1) is 6.92 Å². The highest BCUT2D eigenvalue weighted by molar-refractivity contribution is 5.72. The van der Waals surface area contributed by atoms with Crippen molar-refractivity contribution < 1.29 is 24.2 Å². The summed E-state index contributed by atoms with van der Waals surface area (Å²) in [6.07, 6.45) is -0.618. The minimum absolute atomic E-state index is 0.169. The van der Waals surface area contributed by atoms with Crippen molar-refractivity contribution in [2.45, 2.75) is 65.1 Å². The zero-order valence-corrected chi connectivity index (χ0v) is 16.5. The number of hydrogen-bond acceptors (Lipinski definition) is 4. The zero-order valence-electron chi connectivity index (χ0n) is 16.5. The lowest BCUT2D eigenvalue weighted by Gasteiger charge is -2.49. The number of rotatable bonds is 5. The Balaban J connectivity index is 2.19. The number of carbonyl (C=O) groups excluding carboxylic acids is 1. The third-order valence-corrected chi connectivity index (χ3v) is 4.20. The van der Waals surface area contributed by atoms with Crippen LogP contribution in [-0.4, -0.2) is 46.4 Å². The smallest absolute Gasteiger partial charge is 0.410 e. The van der Waals surface area contributed by atoms with E-state index in [0.717, 1.165) is 11.1 Å². The van der Waals surface area contributed by atoms with Gasteiger partial charge in [0.05, 0.1) is 19.5 Å². The standard InChI is InChI=1S/C20H29NO5/c1-13(2)15-8-7-14(3)9-16(15)25-20(10-17(22)23)11-21(12-20)18(24)26-19(4,5)6/h7-9,13H,10-12H2,1-6H3,(H,22,23). The first kappa shape index (κ1) is 20.1. The van der Waals surface area contributed by atoms with Crippen molar-refractivity contribution in [2.24, 2.45) is 0 Å². The number of carboxylic acids is 1. The van der Waals surface area contributed by atoms with Gasteiger partial charge in [0.25, 0.3) is 0 Å². The van der Waals surface area contributed by atoms with E-state index in [1.165, 1.54) is 4.90 Å². The first-order valence-corrected chi connectivity index (χ1v) is 8.90. The van der Waals surface area contributed by atoms with E-state index in [0.29, 0.717) is 5.75 Å². The average molecular weight is 363 g/mol. The van der Waals surface area contributed by atoms with E-state index in [1.54, 1.807) is 20.8 Å². The predicted octanol–water partition coefficient (Wildman–Crippen LogP) is 3.96. The summed E-state index contributed by atoms with van der Waals surface area (Å²) < 4.78 is 11.6. The Morgan fingerprint density at radius 3 is 2.38 bits per heavy atom. The van der Waals surface area contributed by atoms with E-state index in [1.807, 2.05) is 25.1 Å². The molecule has 144 valence electrons. The van der Waals surface area contributed by atoms with Gasteiger partial charge in [-0.2, -0.15) is 0 Å². The van der Waals surface area contributed by atoms with Crippen LogP contribution >= 0.6 is 0 Å². The number of hydrogen-bond donors (Lipinski definition) is 1. The highest BCUT2D eigenvalue weighted by atomic mass is 16.6. The minimum Gasteiger partial charge on any atom is -0.483 e. The van der Waals surface area contributed by atoms with Crippen LogP contribution in [0.1, 0.15) is 58.1 Å².